The Balaban J connectivity index is 1.93. The molecule has 2 aromatic rings. The smallest absolute Gasteiger partial charge is 0.188 e. The fraction of sp³-hybridized carbons (Fsp3) is 0.316. The number of hydrogen-bond acceptors (Lipinski definition) is 4. The molecule has 0 spiro atoms. The van der Waals surface area contributed by atoms with E-state index in [-0.39, 0.29) is 35.8 Å². The number of hydrogen-bond donors (Lipinski definition) is 0. The molecule has 4 nitrogen and oxygen atoms in total. The van der Waals surface area contributed by atoms with Crippen molar-refractivity contribution in [2.24, 2.45) is 11.1 Å². The van der Waals surface area contributed by atoms with Crippen LogP contribution in [-0.2, 0) is 19.4 Å². The van der Waals surface area contributed by atoms with Crippen LogP contribution in [0.1, 0.15) is 24.8 Å². The van der Waals surface area contributed by atoms with Crippen molar-refractivity contribution in [2.75, 3.05) is 6.61 Å². The normalized spacial score (nSPS) is 25.3. The van der Waals surface area contributed by atoms with Crippen LogP contribution in [-0.4, -0.2) is 20.7 Å². The van der Waals surface area contributed by atoms with E-state index in [1.807, 2.05) is 0 Å². The van der Waals surface area contributed by atoms with Crippen LogP contribution in [0, 0.1) is 17.6 Å². The summed E-state index contributed by atoms with van der Waals surface area (Å²) in [6.45, 7) is 0.262. The standard InChI is InChI=1S/C19H17F2NO3S/c20-14-6-7-17(21)16(10-14)19(9-8-18-13(11-19)12-25-22-18)26(23,24)15-4-2-1-3-5-15/h1-7,10,13H,8-9,11-12H2/t13-,19+/m0/s1. The Morgan fingerprint density at radius 1 is 1.12 bits per heavy atom. The maximum absolute atomic E-state index is 14.7. The van der Waals surface area contributed by atoms with Gasteiger partial charge in [0.15, 0.2) is 9.84 Å². The van der Waals surface area contributed by atoms with Crippen molar-refractivity contribution >= 4 is 15.5 Å². The lowest BCUT2D eigenvalue weighted by molar-refractivity contribution is 0.148. The van der Waals surface area contributed by atoms with Crippen molar-refractivity contribution in [3.05, 3.63) is 65.7 Å². The molecule has 26 heavy (non-hydrogen) atoms. The molecule has 2 atom stereocenters. The number of sulfone groups is 1. The number of halogens is 2. The Bertz CT molecular complexity index is 976. The summed E-state index contributed by atoms with van der Waals surface area (Å²) in [5.74, 6) is -1.60. The van der Waals surface area contributed by atoms with Crippen molar-refractivity contribution in [1.82, 2.24) is 0 Å². The molecule has 0 radical (unpaired) electrons. The molecule has 1 heterocycles. The number of rotatable bonds is 3. The van der Waals surface area contributed by atoms with Gasteiger partial charge in [-0.1, -0.05) is 23.4 Å². The fourth-order valence-corrected chi connectivity index (χ4v) is 6.15. The van der Waals surface area contributed by atoms with Crippen LogP contribution in [0.15, 0.2) is 58.6 Å². The first kappa shape index (κ1) is 17.1. The molecule has 7 heteroatoms. The van der Waals surface area contributed by atoms with Gasteiger partial charge in [-0.2, -0.15) is 0 Å². The predicted molar refractivity (Wildman–Crippen MR) is 92.4 cm³/mol. The lowest BCUT2D eigenvalue weighted by atomic mass is 9.76. The largest absolute Gasteiger partial charge is 0.395 e. The average Bonchev–Trinajstić information content (AvgIpc) is 3.11. The Labute approximate surface area is 150 Å². The zero-order valence-electron chi connectivity index (χ0n) is 13.9. The lowest BCUT2D eigenvalue weighted by Crippen LogP contribution is -2.44. The summed E-state index contributed by atoms with van der Waals surface area (Å²) < 4.78 is 54.2. The molecule has 0 bridgehead atoms. The van der Waals surface area contributed by atoms with Gasteiger partial charge in [-0.15, -0.1) is 0 Å². The fourth-order valence-electron chi connectivity index (χ4n) is 3.94. The maximum Gasteiger partial charge on any atom is 0.188 e. The van der Waals surface area contributed by atoms with E-state index >= 15 is 0 Å². The van der Waals surface area contributed by atoms with Crippen molar-refractivity contribution in [3.63, 3.8) is 0 Å². The van der Waals surface area contributed by atoms with Gasteiger partial charge < -0.3 is 4.84 Å². The van der Waals surface area contributed by atoms with Gasteiger partial charge in [0, 0.05) is 11.5 Å². The highest BCUT2D eigenvalue weighted by Crippen LogP contribution is 2.49. The minimum Gasteiger partial charge on any atom is -0.395 e. The third kappa shape index (κ3) is 2.53. The van der Waals surface area contributed by atoms with E-state index in [1.54, 1.807) is 18.2 Å². The number of nitrogens with zero attached hydrogens (tertiary/aromatic N) is 1. The number of benzene rings is 2. The first-order chi connectivity index (χ1) is 12.4. The third-order valence-electron chi connectivity index (χ3n) is 5.28. The van der Waals surface area contributed by atoms with E-state index in [4.69, 9.17) is 4.84 Å². The van der Waals surface area contributed by atoms with Gasteiger partial charge in [-0.05, 0) is 49.6 Å². The Hall–Kier alpha value is -2.28. The van der Waals surface area contributed by atoms with E-state index in [2.05, 4.69) is 5.16 Å². The minimum absolute atomic E-state index is 0.1000. The Kier molecular flexibility index (Phi) is 4.06. The molecule has 1 aliphatic heterocycles. The molecule has 1 aliphatic carbocycles. The van der Waals surface area contributed by atoms with E-state index in [1.165, 1.54) is 12.1 Å². The monoisotopic (exact) mass is 377 g/mol. The van der Waals surface area contributed by atoms with Crippen molar-refractivity contribution < 1.29 is 22.0 Å². The van der Waals surface area contributed by atoms with Crippen LogP contribution in [0.2, 0.25) is 0 Å². The van der Waals surface area contributed by atoms with Crippen molar-refractivity contribution in [3.8, 4) is 0 Å². The Morgan fingerprint density at radius 2 is 1.88 bits per heavy atom. The zero-order valence-corrected chi connectivity index (χ0v) is 14.7. The molecule has 136 valence electrons. The molecular weight excluding hydrogens is 360 g/mol. The van der Waals surface area contributed by atoms with E-state index in [0.717, 1.165) is 23.9 Å². The second-order valence-corrected chi connectivity index (χ2v) is 8.97. The van der Waals surface area contributed by atoms with Crippen LogP contribution in [0.5, 0.6) is 0 Å². The van der Waals surface area contributed by atoms with Gasteiger partial charge in [-0.3, -0.25) is 0 Å². The summed E-state index contributed by atoms with van der Waals surface area (Å²) in [6, 6.07) is 10.9. The topological polar surface area (TPSA) is 55.7 Å². The van der Waals surface area contributed by atoms with Crippen LogP contribution < -0.4 is 0 Å². The molecular formula is C19H17F2NO3S. The molecule has 0 aromatic heterocycles. The minimum atomic E-state index is -3.97. The first-order valence-corrected chi connectivity index (χ1v) is 9.86. The predicted octanol–water partition coefficient (Wildman–Crippen LogP) is 3.82. The first-order valence-electron chi connectivity index (χ1n) is 8.38. The quantitative estimate of drug-likeness (QED) is 0.817. The molecule has 0 saturated heterocycles. The SMILES string of the molecule is O=S(=O)(c1ccccc1)[C@]1(c2cc(F)ccc2F)CCC2=NOC[C@@H]2C1. The third-order valence-corrected chi connectivity index (χ3v) is 7.79. The summed E-state index contributed by atoms with van der Waals surface area (Å²) in [5, 5.41) is 3.97. The van der Waals surface area contributed by atoms with Gasteiger partial charge in [0.1, 0.15) is 23.0 Å². The highest BCUT2D eigenvalue weighted by atomic mass is 32.2. The van der Waals surface area contributed by atoms with Gasteiger partial charge in [-0.25, -0.2) is 17.2 Å². The molecule has 0 unspecified atom stereocenters. The van der Waals surface area contributed by atoms with Gasteiger partial charge in [0.25, 0.3) is 0 Å². The van der Waals surface area contributed by atoms with Gasteiger partial charge in [0.05, 0.1) is 10.6 Å². The number of fused-ring (bicyclic) bond motifs is 1. The van der Waals surface area contributed by atoms with Gasteiger partial charge in [0.2, 0.25) is 0 Å². The zero-order chi connectivity index (χ0) is 18.4. The molecule has 1 fully saturated rings. The summed E-state index contributed by atoms with van der Waals surface area (Å²) in [4.78, 5) is 5.22. The average molecular weight is 377 g/mol. The molecule has 4 rings (SSSR count). The lowest BCUT2D eigenvalue weighted by Gasteiger charge is -2.39. The van der Waals surface area contributed by atoms with Crippen molar-refractivity contribution in [2.45, 2.75) is 28.9 Å². The summed E-state index contributed by atoms with van der Waals surface area (Å²) >= 11 is 0. The van der Waals surface area contributed by atoms with Gasteiger partial charge >= 0.3 is 0 Å². The second kappa shape index (κ2) is 6.16. The van der Waals surface area contributed by atoms with Crippen molar-refractivity contribution in [1.29, 1.82) is 0 Å². The summed E-state index contributed by atoms with van der Waals surface area (Å²) in [6.07, 6.45) is 0.611. The maximum atomic E-state index is 14.7. The molecule has 1 saturated carbocycles. The number of oxime groups is 1. The molecule has 2 aliphatic rings. The van der Waals surface area contributed by atoms with Crippen LogP contribution in [0.25, 0.3) is 0 Å². The molecule has 0 amide bonds. The summed E-state index contributed by atoms with van der Waals surface area (Å²) in [7, 11) is -3.97. The Morgan fingerprint density at radius 3 is 2.65 bits per heavy atom. The van der Waals surface area contributed by atoms with Crippen LogP contribution >= 0.6 is 0 Å². The summed E-state index contributed by atoms with van der Waals surface area (Å²) in [5.41, 5.74) is 0.674. The second-order valence-electron chi connectivity index (χ2n) is 6.71. The molecule has 0 N–H and O–H groups in total. The van der Waals surface area contributed by atoms with E-state index < -0.39 is 26.2 Å². The van der Waals surface area contributed by atoms with E-state index in [0.29, 0.717) is 6.42 Å². The van der Waals surface area contributed by atoms with Crippen LogP contribution in [0.4, 0.5) is 8.78 Å². The van der Waals surface area contributed by atoms with E-state index in [9.17, 15) is 17.2 Å². The van der Waals surface area contributed by atoms with Crippen LogP contribution in [0.3, 0.4) is 0 Å². The highest BCUT2D eigenvalue weighted by molar-refractivity contribution is 7.92. The highest BCUT2D eigenvalue weighted by Gasteiger charge is 2.53. The molecule has 2 aromatic carbocycles.